The number of ether oxygens (including phenoxy) is 1. The van der Waals surface area contributed by atoms with E-state index < -0.39 is 50.9 Å². The molecule has 0 radical (unpaired) electrons. The molecule has 11 heteroatoms. The van der Waals surface area contributed by atoms with Gasteiger partial charge in [0.15, 0.2) is 0 Å². The highest BCUT2D eigenvalue weighted by Crippen LogP contribution is 2.43. The highest BCUT2D eigenvalue weighted by Gasteiger charge is 2.40. The normalized spacial score (nSPS) is 11.8. The summed E-state index contributed by atoms with van der Waals surface area (Å²) in [5, 5.41) is 38.1. The molecular formula is C33H27N3O8. The van der Waals surface area contributed by atoms with E-state index in [9.17, 15) is 34.7 Å². The van der Waals surface area contributed by atoms with Crippen molar-refractivity contribution in [2.45, 2.75) is 19.9 Å². The van der Waals surface area contributed by atoms with Gasteiger partial charge in [-0.25, -0.2) is 4.79 Å². The minimum absolute atomic E-state index is 0.136. The largest absolute Gasteiger partial charge is 0.507 e. The van der Waals surface area contributed by atoms with Gasteiger partial charge in [-0.15, -0.1) is 0 Å². The lowest BCUT2D eigenvalue weighted by atomic mass is 9.81. The van der Waals surface area contributed by atoms with Crippen molar-refractivity contribution in [3.05, 3.63) is 128 Å². The SMILES string of the molecule is C=C(C)c1cccc(CNC(=O)OCCc2ccc(Nc3ccc(O)c4c3C(=O)c3c([N+](=O)[O-])ccc(O)c3C4=O)cc2)c1. The third kappa shape index (κ3) is 5.84. The Morgan fingerprint density at radius 1 is 0.886 bits per heavy atom. The maximum absolute atomic E-state index is 13.5. The molecule has 0 aliphatic heterocycles. The standard InChI is InChI=1S/C33H27N3O8/c1-18(2)21-5-3-4-20(16-21)17-34-33(41)44-15-14-19-6-8-22(9-7-19)35-23-10-12-25(37)29-27(23)31(39)28-24(36(42)43)11-13-26(38)30(28)32(29)40/h3-13,16,35,37-38H,1,14-15,17H2,2H3,(H,34,41). The van der Waals surface area contributed by atoms with E-state index in [0.717, 1.165) is 34.4 Å². The van der Waals surface area contributed by atoms with Crippen LogP contribution in [-0.4, -0.2) is 39.4 Å². The number of amides is 1. The second-order valence-electron chi connectivity index (χ2n) is 10.2. The van der Waals surface area contributed by atoms with Crippen molar-refractivity contribution >= 4 is 40.3 Å². The van der Waals surface area contributed by atoms with Crippen molar-refractivity contribution in [1.82, 2.24) is 5.32 Å². The second-order valence-corrected chi connectivity index (χ2v) is 10.2. The number of nitrogens with one attached hydrogen (secondary N) is 2. The summed E-state index contributed by atoms with van der Waals surface area (Å²) in [6.45, 7) is 6.29. The fourth-order valence-corrected chi connectivity index (χ4v) is 4.95. The van der Waals surface area contributed by atoms with E-state index >= 15 is 0 Å². The quantitative estimate of drug-likeness (QED) is 0.0906. The van der Waals surface area contributed by atoms with Crippen LogP contribution in [-0.2, 0) is 17.7 Å². The highest BCUT2D eigenvalue weighted by molar-refractivity contribution is 6.33. The third-order valence-corrected chi connectivity index (χ3v) is 7.16. The van der Waals surface area contributed by atoms with E-state index in [1.54, 1.807) is 24.3 Å². The van der Waals surface area contributed by atoms with E-state index in [1.165, 1.54) is 12.1 Å². The van der Waals surface area contributed by atoms with Crippen LogP contribution in [0.1, 0.15) is 55.5 Å². The molecule has 222 valence electrons. The monoisotopic (exact) mass is 593 g/mol. The molecule has 4 aromatic carbocycles. The topological polar surface area (TPSA) is 168 Å². The number of rotatable bonds is 9. The minimum Gasteiger partial charge on any atom is -0.507 e. The van der Waals surface area contributed by atoms with E-state index in [1.807, 2.05) is 31.2 Å². The van der Waals surface area contributed by atoms with Crippen LogP contribution in [0.5, 0.6) is 11.5 Å². The molecule has 0 saturated heterocycles. The molecule has 1 amide bonds. The molecule has 0 fully saturated rings. The van der Waals surface area contributed by atoms with Crippen LogP contribution in [0, 0.1) is 10.1 Å². The predicted molar refractivity (Wildman–Crippen MR) is 162 cm³/mol. The number of aromatic hydroxyl groups is 2. The smallest absolute Gasteiger partial charge is 0.407 e. The lowest BCUT2D eigenvalue weighted by Crippen LogP contribution is -2.24. The van der Waals surface area contributed by atoms with E-state index in [-0.39, 0.29) is 23.4 Å². The number of anilines is 2. The molecule has 5 rings (SSSR count). The Hall–Kier alpha value is -5.97. The molecule has 4 aromatic rings. The number of nitro benzene ring substituents is 1. The average Bonchev–Trinajstić information content (AvgIpc) is 3.00. The Labute approximate surface area is 251 Å². The molecule has 11 nitrogen and oxygen atoms in total. The molecular weight excluding hydrogens is 566 g/mol. The van der Waals surface area contributed by atoms with Crippen molar-refractivity contribution in [3.8, 4) is 11.5 Å². The predicted octanol–water partition coefficient (Wildman–Crippen LogP) is 6.03. The number of carbonyl (C=O) groups excluding carboxylic acids is 3. The first kappa shape index (κ1) is 29.5. The molecule has 1 aliphatic carbocycles. The molecule has 0 bridgehead atoms. The number of hydrogen-bond donors (Lipinski definition) is 4. The summed E-state index contributed by atoms with van der Waals surface area (Å²) in [5.41, 5.74) is 2.06. The van der Waals surface area contributed by atoms with Gasteiger partial charge in [0.1, 0.15) is 17.1 Å². The first-order valence-electron chi connectivity index (χ1n) is 13.5. The van der Waals surface area contributed by atoms with Gasteiger partial charge in [-0.2, -0.15) is 0 Å². The van der Waals surface area contributed by atoms with Gasteiger partial charge in [0, 0.05) is 24.7 Å². The summed E-state index contributed by atoms with van der Waals surface area (Å²) in [4.78, 5) is 49.7. The van der Waals surface area contributed by atoms with E-state index in [2.05, 4.69) is 17.2 Å². The van der Waals surface area contributed by atoms with E-state index in [0.29, 0.717) is 18.7 Å². The molecule has 1 aliphatic rings. The number of carbonyl (C=O) groups is 3. The Balaban J connectivity index is 1.25. The van der Waals surface area contributed by atoms with Crippen LogP contribution in [0.2, 0.25) is 0 Å². The van der Waals surface area contributed by atoms with Gasteiger partial charge in [0.2, 0.25) is 11.6 Å². The Bertz CT molecular complexity index is 1850. The Morgan fingerprint density at radius 2 is 1.55 bits per heavy atom. The number of ketones is 2. The summed E-state index contributed by atoms with van der Waals surface area (Å²) >= 11 is 0. The maximum atomic E-state index is 13.5. The van der Waals surface area contributed by atoms with E-state index in [4.69, 9.17) is 4.74 Å². The van der Waals surface area contributed by atoms with Crippen molar-refractivity contribution < 1.29 is 34.3 Å². The highest BCUT2D eigenvalue weighted by atomic mass is 16.6. The van der Waals surface area contributed by atoms with Gasteiger partial charge < -0.3 is 25.6 Å². The molecule has 44 heavy (non-hydrogen) atoms. The zero-order chi connectivity index (χ0) is 31.5. The number of nitro groups is 1. The van der Waals surface area contributed by atoms with Crippen molar-refractivity contribution in [3.63, 3.8) is 0 Å². The molecule has 0 atom stereocenters. The van der Waals surface area contributed by atoms with Crippen LogP contribution < -0.4 is 10.6 Å². The Kier molecular flexibility index (Phi) is 8.12. The number of benzene rings is 4. The fraction of sp³-hybridized carbons (Fsp3) is 0.121. The zero-order valence-corrected chi connectivity index (χ0v) is 23.5. The van der Waals surface area contributed by atoms with Crippen LogP contribution in [0.15, 0.2) is 79.4 Å². The number of phenols is 2. The minimum atomic E-state index is -0.906. The second kappa shape index (κ2) is 12.1. The number of allylic oxidation sites excluding steroid dienone is 1. The van der Waals surface area contributed by atoms with Gasteiger partial charge in [-0.3, -0.25) is 19.7 Å². The van der Waals surface area contributed by atoms with Crippen LogP contribution in [0.3, 0.4) is 0 Å². The molecule has 0 spiro atoms. The van der Waals surface area contributed by atoms with Crippen LogP contribution in [0.4, 0.5) is 21.9 Å². The lowest BCUT2D eigenvalue weighted by Gasteiger charge is -2.22. The van der Waals surface area contributed by atoms with Crippen molar-refractivity contribution in [2.24, 2.45) is 0 Å². The molecule has 0 unspecified atom stereocenters. The summed E-state index contributed by atoms with van der Waals surface area (Å²) in [7, 11) is 0. The van der Waals surface area contributed by atoms with Gasteiger partial charge in [-0.05, 0) is 60.0 Å². The Morgan fingerprint density at radius 3 is 2.23 bits per heavy atom. The van der Waals surface area contributed by atoms with Crippen molar-refractivity contribution in [2.75, 3.05) is 11.9 Å². The fourth-order valence-electron chi connectivity index (χ4n) is 4.95. The summed E-state index contributed by atoms with van der Waals surface area (Å²) in [5.74, 6) is -2.89. The number of nitrogens with zero attached hydrogens (tertiary/aromatic N) is 1. The number of hydrogen-bond acceptors (Lipinski definition) is 9. The maximum Gasteiger partial charge on any atom is 0.407 e. The molecule has 4 N–H and O–H groups in total. The summed E-state index contributed by atoms with van der Waals surface area (Å²) in [6, 6.07) is 19.2. The van der Waals surface area contributed by atoms with Gasteiger partial charge in [0.05, 0.1) is 33.9 Å². The summed E-state index contributed by atoms with van der Waals surface area (Å²) < 4.78 is 5.29. The van der Waals surface area contributed by atoms with Crippen LogP contribution >= 0.6 is 0 Å². The first-order valence-corrected chi connectivity index (χ1v) is 13.5. The van der Waals surface area contributed by atoms with Gasteiger partial charge >= 0.3 is 6.09 Å². The number of phenolic OH excluding ortho intramolecular Hbond substituents is 2. The third-order valence-electron chi connectivity index (χ3n) is 7.16. The summed E-state index contributed by atoms with van der Waals surface area (Å²) in [6.07, 6.45) is -0.111. The average molecular weight is 594 g/mol. The molecule has 0 heterocycles. The number of alkyl carbamates (subject to hydrolysis) is 1. The first-order chi connectivity index (χ1) is 21.0. The van der Waals surface area contributed by atoms with Gasteiger partial charge in [0.25, 0.3) is 5.69 Å². The molecule has 0 aromatic heterocycles. The van der Waals surface area contributed by atoms with Gasteiger partial charge in [-0.1, -0.05) is 42.5 Å². The molecule has 0 saturated carbocycles. The van der Waals surface area contributed by atoms with Crippen LogP contribution in [0.25, 0.3) is 5.57 Å². The lowest BCUT2D eigenvalue weighted by molar-refractivity contribution is -0.385. The van der Waals surface area contributed by atoms with Crippen molar-refractivity contribution in [1.29, 1.82) is 0 Å². The zero-order valence-electron chi connectivity index (χ0n) is 23.5. The number of fused-ring (bicyclic) bond motifs is 2.